The SMILES string of the molecule is COC(=O)c1cc(/N=N/c2ccc(OC)cc2)ccc1O. The number of ether oxygens (including phenoxy) is 2. The summed E-state index contributed by atoms with van der Waals surface area (Å²) in [7, 11) is 2.83. The van der Waals surface area contributed by atoms with E-state index in [1.807, 2.05) is 0 Å². The highest BCUT2D eigenvalue weighted by Gasteiger charge is 2.11. The quantitative estimate of drug-likeness (QED) is 0.687. The third-order valence-electron chi connectivity index (χ3n) is 2.74. The number of aromatic hydroxyl groups is 1. The summed E-state index contributed by atoms with van der Waals surface area (Å²) in [5.41, 5.74) is 1.12. The van der Waals surface area contributed by atoms with Gasteiger partial charge in [-0.05, 0) is 42.5 Å². The Morgan fingerprint density at radius 1 is 1.00 bits per heavy atom. The standard InChI is InChI=1S/C15H14N2O4/c1-20-12-6-3-10(4-7-12)16-17-11-5-8-14(18)13(9-11)15(19)21-2/h3-9,18H,1-2H3/b17-16+. The maximum Gasteiger partial charge on any atom is 0.341 e. The largest absolute Gasteiger partial charge is 0.507 e. The molecular weight excluding hydrogens is 272 g/mol. The van der Waals surface area contributed by atoms with Crippen LogP contribution in [0.5, 0.6) is 11.5 Å². The lowest BCUT2D eigenvalue weighted by atomic mass is 10.2. The molecule has 6 nitrogen and oxygen atoms in total. The van der Waals surface area contributed by atoms with Gasteiger partial charge in [-0.25, -0.2) is 4.79 Å². The van der Waals surface area contributed by atoms with Crippen LogP contribution in [0.4, 0.5) is 11.4 Å². The molecule has 21 heavy (non-hydrogen) atoms. The van der Waals surface area contributed by atoms with Gasteiger partial charge in [-0.2, -0.15) is 10.2 Å². The van der Waals surface area contributed by atoms with Crippen LogP contribution in [0.1, 0.15) is 10.4 Å². The first-order chi connectivity index (χ1) is 10.1. The predicted molar refractivity (Wildman–Crippen MR) is 76.6 cm³/mol. The molecule has 0 radical (unpaired) electrons. The van der Waals surface area contributed by atoms with Gasteiger partial charge in [-0.3, -0.25) is 0 Å². The first-order valence-corrected chi connectivity index (χ1v) is 6.11. The van der Waals surface area contributed by atoms with Crippen LogP contribution in [0.3, 0.4) is 0 Å². The van der Waals surface area contributed by atoms with Crippen LogP contribution < -0.4 is 4.74 Å². The van der Waals surface area contributed by atoms with Crippen molar-refractivity contribution in [2.24, 2.45) is 10.2 Å². The van der Waals surface area contributed by atoms with Crippen LogP contribution in [0.2, 0.25) is 0 Å². The predicted octanol–water partition coefficient (Wildman–Crippen LogP) is 3.60. The molecule has 0 saturated heterocycles. The van der Waals surface area contributed by atoms with Gasteiger partial charge in [-0.15, -0.1) is 0 Å². The molecule has 0 amide bonds. The highest BCUT2D eigenvalue weighted by Crippen LogP contribution is 2.26. The number of rotatable bonds is 4. The fraction of sp³-hybridized carbons (Fsp3) is 0.133. The molecule has 0 unspecified atom stereocenters. The van der Waals surface area contributed by atoms with Gasteiger partial charge in [0, 0.05) is 0 Å². The molecule has 1 N–H and O–H groups in total. The Kier molecular flexibility index (Phi) is 4.50. The smallest absolute Gasteiger partial charge is 0.341 e. The number of nitrogens with zero attached hydrogens (tertiary/aromatic N) is 2. The van der Waals surface area contributed by atoms with Crippen molar-refractivity contribution in [1.29, 1.82) is 0 Å². The van der Waals surface area contributed by atoms with Crippen molar-refractivity contribution in [2.45, 2.75) is 0 Å². The number of hydrogen-bond acceptors (Lipinski definition) is 6. The topological polar surface area (TPSA) is 80.5 Å². The number of phenolic OH excluding ortho intramolecular Hbond substituents is 1. The zero-order chi connectivity index (χ0) is 15.2. The molecule has 108 valence electrons. The normalized spacial score (nSPS) is 10.6. The van der Waals surface area contributed by atoms with Gasteiger partial charge in [0.2, 0.25) is 0 Å². The van der Waals surface area contributed by atoms with Crippen molar-refractivity contribution in [3.63, 3.8) is 0 Å². The van der Waals surface area contributed by atoms with Gasteiger partial charge >= 0.3 is 5.97 Å². The second-order valence-electron chi connectivity index (χ2n) is 4.09. The maximum absolute atomic E-state index is 11.5. The van der Waals surface area contributed by atoms with E-state index in [1.165, 1.54) is 19.2 Å². The van der Waals surface area contributed by atoms with Gasteiger partial charge in [0.1, 0.15) is 17.1 Å². The molecule has 2 aromatic carbocycles. The van der Waals surface area contributed by atoms with E-state index in [4.69, 9.17) is 4.74 Å². The summed E-state index contributed by atoms with van der Waals surface area (Å²) in [6.07, 6.45) is 0. The van der Waals surface area contributed by atoms with Gasteiger partial charge < -0.3 is 14.6 Å². The van der Waals surface area contributed by atoms with E-state index in [1.54, 1.807) is 37.4 Å². The number of methoxy groups -OCH3 is 2. The van der Waals surface area contributed by atoms with E-state index >= 15 is 0 Å². The lowest BCUT2D eigenvalue weighted by Gasteiger charge is -2.03. The van der Waals surface area contributed by atoms with Crippen molar-refractivity contribution in [3.05, 3.63) is 48.0 Å². The number of benzene rings is 2. The third kappa shape index (κ3) is 3.56. The number of esters is 1. The lowest BCUT2D eigenvalue weighted by Crippen LogP contribution is -2.00. The Balaban J connectivity index is 2.22. The summed E-state index contributed by atoms with van der Waals surface area (Å²) >= 11 is 0. The van der Waals surface area contributed by atoms with E-state index in [0.29, 0.717) is 11.4 Å². The van der Waals surface area contributed by atoms with E-state index < -0.39 is 5.97 Å². The van der Waals surface area contributed by atoms with Gasteiger partial charge in [0.25, 0.3) is 0 Å². The van der Waals surface area contributed by atoms with E-state index in [0.717, 1.165) is 5.75 Å². The van der Waals surface area contributed by atoms with Crippen molar-refractivity contribution in [1.82, 2.24) is 0 Å². The Bertz CT molecular complexity index is 666. The molecule has 0 aromatic heterocycles. The second kappa shape index (κ2) is 6.51. The van der Waals surface area contributed by atoms with Gasteiger partial charge in [0.15, 0.2) is 0 Å². The average Bonchev–Trinajstić information content (AvgIpc) is 2.53. The lowest BCUT2D eigenvalue weighted by molar-refractivity contribution is 0.0597. The van der Waals surface area contributed by atoms with Gasteiger partial charge in [-0.1, -0.05) is 0 Å². The molecule has 0 spiro atoms. The molecule has 0 bridgehead atoms. The third-order valence-corrected chi connectivity index (χ3v) is 2.74. The highest BCUT2D eigenvalue weighted by atomic mass is 16.5. The molecule has 2 aromatic rings. The number of carbonyl (C=O) groups is 1. The molecule has 0 saturated carbocycles. The van der Waals surface area contributed by atoms with Crippen LogP contribution >= 0.6 is 0 Å². The first kappa shape index (κ1) is 14.5. The highest BCUT2D eigenvalue weighted by molar-refractivity contribution is 5.93. The maximum atomic E-state index is 11.5. The molecular formula is C15H14N2O4. The van der Waals surface area contributed by atoms with Crippen LogP contribution in [0.25, 0.3) is 0 Å². The number of azo groups is 1. The average molecular weight is 286 g/mol. The number of phenols is 1. The molecule has 0 heterocycles. The summed E-state index contributed by atoms with van der Waals surface area (Å²) in [5.74, 6) is -0.0641. The Hall–Kier alpha value is -2.89. The minimum atomic E-state index is -0.631. The monoisotopic (exact) mass is 286 g/mol. The summed E-state index contributed by atoms with van der Waals surface area (Å²) in [6.45, 7) is 0. The number of hydrogen-bond donors (Lipinski definition) is 1. The van der Waals surface area contributed by atoms with Gasteiger partial charge in [0.05, 0.1) is 25.6 Å². The minimum absolute atomic E-state index is 0.0451. The van der Waals surface area contributed by atoms with E-state index in [9.17, 15) is 9.90 Å². The molecule has 0 aliphatic heterocycles. The summed E-state index contributed by atoms with van der Waals surface area (Å²) in [5, 5.41) is 17.7. The fourth-order valence-corrected chi connectivity index (χ4v) is 1.62. The summed E-state index contributed by atoms with van der Waals surface area (Å²) in [4.78, 5) is 11.5. The first-order valence-electron chi connectivity index (χ1n) is 6.11. The van der Waals surface area contributed by atoms with Crippen LogP contribution in [0.15, 0.2) is 52.7 Å². The van der Waals surface area contributed by atoms with E-state index in [2.05, 4.69) is 15.0 Å². The number of carbonyl (C=O) groups excluding carboxylic acids is 1. The van der Waals surface area contributed by atoms with E-state index in [-0.39, 0.29) is 11.3 Å². The Morgan fingerprint density at radius 2 is 1.62 bits per heavy atom. The molecule has 0 aliphatic rings. The fourth-order valence-electron chi connectivity index (χ4n) is 1.62. The van der Waals surface area contributed by atoms with Crippen molar-refractivity contribution in [2.75, 3.05) is 14.2 Å². The zero-order valence-corrected chi connectivity index (χ0v) is 11.6. The Morgan fingerprint density at radius 3 is 2.24 bits per heavy atom. The Labute approximate surface area is 121 Å². The molecule has 0 fully saturated rings. The van der Waals surface area contributed by atoms with Crippen LogP contribution in [0, 0.1) is 0 Å². The van der Waals surface area contributed by atoms with Crippen molar-refractivity contribution < 1.29 is 19.4 Å². The molecule has 2 rings (SSSR count). The summed E-state index contributed by atoms with van der Waals surface area (Å²) in [6, 6.07) is 11.4. The molecule has 0 aliphatic carbocycles. The van der Waals surface area contributed by atoms with Crippen LogP contribution in [-0.4, -0.2) is 25.3 Å². The summed E-state index contributed by atoms with van der Waals surface area (Å²) < 4.78 is 9.62. The minimum Gasteiger partial charge on any atom is -0.507 e. The van der Waals surface area contributed by atoms with Crippen molar-refractivity contribution in [3.8, 4) is 11.5 Å². The van der Waals surface area contributed by atoms with Crippen LogP contribution in [-0.2, 0) is 4.74 Å². The zero-order valence-electron chi connectivity index (χ0n) is 11.6. The molecule has 6 heteroatoms. The second-order valence-corrected chi connectivity index (χ2v) is 4.09. The van der Waals surface area contributed by atoms with Crippen molar-refractivity contribution >= 4 is 17.3 Å². The molecule has 0 atom stereocenters.